The van der Waals surface area contributed by atoms with Gasteiger partial charge >= 0.3 is 11.7 Å². The molecule has 0 radical (unpaired) electrons. The second-order valence-electron chi connectivity index (χ2n) is 7.84. The predicted octanol–water partition coefficient (Wildman–Crippen LogP) is 2.39. The molecule has 1 aromatic heterocycles. The minimum atomic E-state index is -1.51. The van der Waals surface area contributed by atoms with Gasteiger partial charge in [0.2, 0.25) is 0 Å². The maximum Gasteiger partial charge on any atom is 0.335 e. The van der Waals surface area contributed by atoms with E-state index in [0.29, 0.717) is 22.0 Å². The lowest BCUT2D eigenvalue weighted by atomic mass is 9.97. The van der Waals surface area contributed by atoms with Gasteiger partial charge in [-0.05, 0) is 29.1 Å². The number of aliphatic carboxylic acids is 1. The first-order valence-electron chi connectivity index (χ1n) is 10.5. The predicted molar refractivity (Wildman–Crippen MR) is 124 cm³/mol. The van der Waals surface area contributed by atoms with Gasteiger partial charge in [0.1, 0.15) is 23.2 Å². The van der Waals surface area contributed by atoms with Crippen LogP contribution in [0.2, 0.25) is 0 Å². The van der Waals surface area contributed by atoms with Crippen molar-refractivity contribution in [2.75, 3.05) is 0 Å². The first kappa shape index (κ1) is 23.6. The molecule has 1 heterocycles. The molecule has 10 heteroatoms. The van der Waals surface area contributed by atoms with E-state index in [9.17, 15) is 33.1 Å². The number of nitrogens with zero attached hydrogens (tertiary/aromatic N) is 2. The summed E-state index contributed by atoms with van der Waals surface area (Å²) in [7, 11) is 1.51. The van der Waals surface area contributed by atoms with E-state index in [1.807, 2.05) is 0 Å². The average molecular weight is 479 g/mol. The number of carbonyl (C=O) groups is 2. The highest BCUT2D eigenvalue weighted by molar-refractivity contribution is 5.97. The van der Waals surface area contributed by atoms with Crippen LogP contribution in [-0.4, -0.2) is 32.2 Å². The van der Waals surface area contributed by atoms with E-state index in [2.05, 4.69) is 5.32 Å². The van der Waals surface area contributed by atoms with Gasteiger partial charge in [-0.25, -0.2) is 22.9 Å². The number of hydrogen-bond donors (Lipinski definition) is 2. The van der Waals surface area contributed by atoms with Crippen molar-refractivity contribution in [2.24, 2.45) is 7.05 Å². The van der Waals surface area contributed by atoms with E-state index >= 15 is 0 Å². The van der Waals surface area contributed by atoms with Crippen LogP contribution in [0.15, 0.2) is 76.4 Å². The van der Waals surface area contributed by atoms with Crippen LogP contribution in [0.4, 0.5) is 8.78 Å². The Morgan fingerprint density at radius 3 is 2.26 bits per heavy atom. The molecule has 0 fully saturated rings. The van der Waals surface area contributed by atoms with Crippen LogP contribution >= 0.6 is 0 Å². The molecule has 3 aromatic carbocycles. The zero-order valence-electron chi connectivity index (χ0n) is 18.4. The summed E-state index contributed by atoms with van der Waals surface area (Å²) in [5.41, 5.74) is -1.18. The SMILES string of the molecule is Cn1ccc(=O)n(-c2cccc3c(C[C@H](NC(=O)c4c(F)cccc4F)C(=O)O)cccc23)c1=O. The molecular weight excluding hydrogens is 460 g/mol. The first-order valence-corrected chi connectivity index (χ1v) is 10.5. The molecule has 0 aliphatic heterocycles. The van der Waals surface area contributed by atoms with Gasteiger partial charge in [0, 0.05) is 31.1 Å². The summed E-state index contributed by atoms with van der Waals surface area (Å²) in [5.74, 6) is -4.84. The van der Waals surface area contributed by atoms with E-state index in [1.54, 1.807) is 36.4 Å². The van der Waals surface area contributed by atoms with Crippen LogP contribution in [0, 0.1) is 11.6 Å². The van der Waals surface area contributed by atoms with Crippen LogP contribution in [0.1, 0.15) is 15.9 Å². The fourth-order valence-electron chi connectivity index (χ4n) is 3.88. The number of halogens is 2. The number of benzene rings is 3. The summed E-state index contributed by atoms with van der Waals surface area (Å²) in [5, 5.41) is 12.9. The van der Waals surface area contributed by atoms with Gasteiger partial charge in [-0.1, -0.05) is 36.4 Å². The summed E-state index contributed by atoms with van der Waals surface area (Å²) in [6, 6.07) is 12.4. The van der Waals surface area contributed by atoms with Crippen molar-refractivity contribution in [1.82, 2.24) is 14.5 Å². The molecule has 2 N–H and O–H groups in total. The molecule has 0 aliphatic rings. The normalized spacial score (nSPS) is 11.9. The van der Waals surface area contributed by atoms with Gasteiger partial charge in [-0.15, -0.1) is 0 Å². The molecule has 0 unspecified atom stereocenters. The van der Waals surface area contributed by atoms with Gasteiger partial charge in [0.25, 0.3) is 11.5 Å². The number of nitrogens with one attached hydrogen (secondary N) is 1. The number of aryl methyl sites for hydroxylation is 1. The van der Waals surface area contributed by atoms with Gasteiger partial charge in [0.05, 0.1) is 5.69 Å². The topological polar surface area (TPSA) is 110 Å². The van der Waals surface area contributed by atoms with Gasteiger partial charge < -0.3 is 15.0 Å². The minimum absolute atomic E-state index is 0.223. The Labute approximate surface area is 196 Å². The summed E-state index contributed by atoms with van der Waals surface area (Å²) in [4.78, 5) is 49.5. The molecule has 1 atom stereocenters. The second kappa shape index (κ2) is 9.34. The Balaban J connectivity index is 1.75. The Morgan fingerprint density at radius 1 is 0.943 bits per heavy atom. The third-order valence-corrected chi connectivity index (χ3v) is 5.60. The highest BCUT2D eigenvalue weighted by Gasteiger charge is 2.25. The Hall–Kier alpha value is -4.60. The zero-order chi connectivity index (χ0) is 25.3. The molecule has 0 spiro atoms. The van der Waals surface area contributed by atoms with Crippen molar-refractivity contribution in [3.63, 3.8) is 0 Å². The fraction of sp³-hybridized carbons (Fsp3) is 0.120. The van der Waals surface area contributed by atoms with Crippen molar-refractivity contribution in [3.05, 3.63) is 110 Å². The molecule has 0 saturated carbocycles. The number of hydrogen-bond acceptors (Lipinski definition) is 4. The third kappa shape index (κ3) is 4.45. The van der Waals surface area contributed by atoms with Crippen LogP contribution in [0.3, 0.4) is 0 Å². The molecule has 4 aromatic rings. The maximum atomic E-state index is 14.0. The van der Waals surface area contributed by atoms with Gasteiger partial charge in [0.15, 0.2) is 0 Å². The van der Waals surface area contributed by atoms with Crippen molar-refractivity contribution in [2.45, 2.75) is 12.5 Å². The number of carboxylic acids is 1. The van der Waals surface area contributed by atoms with E-state index in [-0.39, 0.29) is 6.42 Å². The van der Waals surface area contributed by atoms with E-state index in [4.69, 9.17) is 0 Å². The highest BCUT2D eigenvalue weighted by Crippen LogP contribution is 2.25. The molecule has 8 nitrogen and oxygen atoms in total. The van der Waals surface area contributed by atoms with E-state index in [1.165, 1.54) is 23.9 Å². The number of rotatable bonds is 6. The smallest absolute Gasteiger partial charge is 0.335 e. The van der Waals surface area contributed by atoms with Gasteiger partial charge in [-0.2, -0.15) is 0 Å². The Kier molecular flexibility index (Phi) is 6.28. The average Bonchev–Trinajstić information content (AvgIpc) is 2.81. The molecule has 0 saturated heterocycles. The van der Waals surface area contributed by atoms with Crippen molar-refractivity contribution < 1.29 is 23.5 Å². The van der Waals surface area contributed by atoms with Crippen LogP contribution in [-0.2, 0) is 18.3 Å². The Bertz CT molecular complexity index is 1570. The molecule has 0 bridgehead atoms. The van der Waals surface area contributed by atoms with Crippen molar-refractivity contribution in [3.8, 4) is 5.69 Å². The standard InChI is InChI=1S/C25H19F2N3O5/c1-29-12-11-21(31)30(25(29)35)20-10-3-6-15-14(5-2-7-16(15)20)13-19(24(33)34)28-23(32)22-17(26)8-4-9-18(22)27/h2-12,19H,13H2,1H3,(H,28,32)(H,33,34)/t19-/m0/s1. The number of carboxylic acid groups (broad SMARTS) is 1. The zero-order valence-corrected chi connectivity index (χ0v) is 18.4. The lowest BCUT2D eigenvalue weighted by Gasteiger charge is -2.17. The molecule has 178 valence electrons. The summed E-state index contributed by atoms with van der Waals surface area (Å²) < 4.78 is 30.2. The van der Waals surface area contributed by atoms with Crippen LogP contribution in [0.5, 0.6) is 0 Å². The number of fused-ring (bicyclic) bond motifs is 1. The lowest BCUT2D eigenvalue weighted by Crippen LogP contribution is -2.43. The monoisotopic (exact) mass is 479 g/mol. The molecule has 0 aliphatic carbocycles. The Morgan fingerprint density at radius 2 is 1.57 bits per heavy atom. The molecule has 4 rings (SSSR count). The minimum Gasteiger partial charge on any atom is -0.480 e. The maximum absolute atomic E-state index is 14.0. The van der Waals surface area contributed by atoms with Gasteiger partial charge in [-0.3, -0.25) is 9.59 Å². The van der Waals surface area contributed by atoms with Crippen LogP contribution in [0.25, 0.3) is 16.5 Å². The molecule has 35 heavy (non-hydrogen) atoms. The van der Waals surface area contributed by atoms with Crippen molar-refractivity contribution in [1.29, 1.82) is 0 Å². The van der Waals surface area contributed by atoms with Crippen LogP contribution < -0.4 is 16.6 Å². The summed E-state index contributed by atoms with van der Waals surface area (Å²) >= 11 is 0. The molecule has 1 amide bonds. The third-order valence-electron chi connectivity index (χ3n) is 5.60. The highest BCUT2D eigenvalue weighted by atomic mass is 19.1. The number of amides is 1. The lowest BCUT2D eigenvalue weighted by molar-refractivity contribution is -0.139. The first-order chi connectivity index (χ1) is 16.7. The largest absolute Gasteiger partial charge is 0.480 e. The quantitative estimate of drug-likeness (QED) is 0.441. The fourth-order valence-corrected chi connectivity index (χ4v) is 3.88. The number of aromatic nitrogens is 2. The van der Waals surface area contributed by atoms with E-state index in [0.717, 1.165) is 22.8 Å². The van der Waals surface area contributed by atoms with E-state index < -0.39 is 46.4 Å². The summed E-state index contributed by atoms with van der Waals surface area (Å²) in [6.45, 7) is 0. The number of carbonyl (C=O) groups excluding carboxylic acids is 1. The second-order valence-corrected chi connectivity index (χ2v) is 7.84. The molecular formula is C25H19F2N3O5. The summed E-state index contributed by atoms with van der Waals surface area (Å²) in [6.07, 6.45) is 1.13. The van der Waals surface area contributed by atoms with Crippen molar-refractivity contribution >= 4 is 22.6 Å².